The van der Waals surface area contributed by atoms with Gasteiger partial charge in [-0.3, -0.25) is 14.2 Å². The standard InChI is InChI=1S/C28H29N5O2S/c1-18-7-5-9-23(13-18)30-26(34)17-36-28-32-31-25(33(28)24-10-6-8-19(2)14-24)16-29-27(35)22-12-11-20(3)21(4)15-22/h5-15H,16-17H2,1-4H3,(H,29,35)(H,30,34). The molecule has 0 bridgehead atoms. The molecule has 184 valence electrons. The number of hydrogen-bond donors (Lipinski definition) is 2. The van der Waals surface area contributed by atoms with Crippen LogP contribution in [0.25, 0.3) is 5.69 Å². The van der Waals surface area contributed by atoms with Crippen molar-refractivity contribution in [3.05, 3.63) is 100 Å². The van der Waals surface area contributed by atoms with Gasteiger partial charge in [-0.25, -0.2) is 0 Å². The van der Waals surface area contributed by atoms with Crippen LogP contribution in [0.2, 0.25) is 0 Å². The van der Waals surface area contributed by atoms with E-state index in [1.165, 1.54) is 11.8 Å². The molecule has 1 aromatic heterocycles. The number of thioether (sulfide) groups is 1. The predicted octanol–water partition coefficient (Wildman–Crippen LogP) is 5.16. The lowest BCUT2D eigenvalue weighted by Gasteiger charge is -2.12. The summed E-state index contributed by atoms with van der Waals surface area (Å²) in [5, 5.41) is 15.1. The molecule has 0 aliphatic carbocycles. The van der Waals surface area contributed by atoms with Crippen molar-refractivity contribution < 1.29 is 9.59 Å². The van der Waals surface area contributed by atoms with E-state index in [0.29, 0.717) is 16.5 Å². The Bertz CT molecular complexity index is 1410. The van der Waals surface area contributed by atoms with Crippen molar-refractivity contribution in [1.82, 2.24) is 20.1 Å². The van der Waals surface area contributed by atoms with Gasteiger partial charge in [-0.05, 0) is 86.3 Å². The highest BCUT2D eigenvalue weighted by atomic mass is 32.2. The molecule has 2 amide bonds. The molecule has 3 aromatic carbocycles. The first-order chi connectivity index (χ1) is 17.3. The molecule has 1 heterocycles. The number of aromatic nitrogens is 3. The van der Waals surface area contributed by atoms with E-state index < -0.39 is 0 Å². The van der Waals surface area contributed by atoms with E-state index in [9.17, 15) is 9.59 Å². The van der Waals surface area contributed by atoms with Gasteiger partial charge in [0.1, 0.15) is 0 Å². The van der Waals surface area contributed by atoms with Gasteiger partial charge >= 0.3 is 0 Å². The zero-order valence-electron chi connectivity index (χ0n) is 20.8. The molecule has 8 heteroatoms. The molecule has 0 aliphatic rings. The Balaban J connectivity index is 1.51. The van der Waals surface area contributed by atoms with Crippen LogP contribution in [-0.2, 0) is 11.3 Å². The number of nitrogens with one attached hydrogen (secondary N) is 2. The number of carbonyl (C=O) groups is 2. The van der Waals surface area contributed by atoms with E-state index in [1.54, 1.807) is 0 Å². The van der Waals surface area contributed by atoms with Crippen LogP contribution in [0.1, 0.15) is 38.4 Å². The summed E-state index contributed by atoms with van der Waals surface area (Å²) in [6.45, 7) is 8.19. The Morgan fingerprint density at radius 2 is 1.61 bits per heavy atom. The van der Waals surface area contributed by atoms with E-state index in [0.717, 1.165) is 33.6 Å². The summed E-state index contributed by atoms with van der Waals surface area (Å²) in [5.41, 5.74) is 6.59. The van der Waals surface area contributed by atoms with Crippen LogP contribution in [0.3, 0.4) is 0 Å². The number of nitrogens with zero attached hydrogens (tertiary/aromatic N) is 3. The van der Waals surface area contributed by atoms with Crippen LogP contribution < -0.4 is 10.6 Å². The Kier molecular flexibility index (Phi) is 7.85. The highest BCUT2D eigenvalue weighted by Gasteiger charge is 2.17. The molecular weight excluding hydrogens is 470 g/mol. The van der Waals surface area contributed by atoms with Crippen LogP contribution in [0, 0.1) is 27.7 Å². The summed E-state index contributed by atoms with van der Waals surface area (Å²) in [4.78, 5) is 25.4. The van der Waals surface area contributed by atoms with E-state index in [2.05, 4.69) is 20.8 Å². The molecule has 0 saturated carbocycles. The minimum Gasteiger partial charge on any atom is -0.345 e. The Hall–Kier alpha value is -3.91. The zero-order chi connectivity index (χ0) is 25.7. The van der Waals surface area contributed by atoms with Crippen molar-refractivity contribution in [1.29, 1.82) is 0 Å². The summed E-state index contributed by atoms with van der Waals surface area (Å²) in [7, 11) is 0. The summed E-state index contributed by atoms with van der Waals surface area (Å²) >= 11 is 1.30. The molecule has 0 unspecified atom stereocenters. The van der Waals surface area contributed by atoms with Crippen molar-refractivity contribution in [2.75, 3.05) is 11.1 Å². The van der Waals surface area contributed by atoms with Gasteiger partial charge in [0.25, 0.3) is 5.91 Å². The van der Waals surface area contributed by atoms with Crippen molar-refractivity contribution in [3.8, 4) is 5.69 Å². The van der Waals surface area contributed by atoms with Crippen LogP contribution in [0.4, 0.5) is 5.69 Å². The van der Waals surface area contributed by atoms with Gasteiger partial charge in [0.05, 0.1) is 12.3 Å². The second-order valence-electron chi connectivity index (χ2n) is 8.76. The van der Waals surface area contributed by atoms with Gasteiger partial charge < -0.3 is 10.6 Å². The number of hydrogen-bond acceptors (Lipinski definition) is 5. The fraction of sp³-hybridized carbons (Fsp3) is 0.214. The quantitative estimate of drug-likeness (QED) is 0.327. The lowest BCUT2D eigenvalue weighted by atomic mass is 10.1. The number of amides is 2. The molecule has 0 fully saturated rings. The Morgan fingerprint density at radius 3 is 2.33 bits per heavy atom. The van der Waals surface area contributed by atoms with Gasteiger partial charge in [-0.15, -0.1) is 10.2 Å². The summed E-state index contributed by atoms with van der Waals surface area (Å²) in [6, 6.07) is 21.3. The van der Waals surface area contributed by atoms with Crippen molar-refractivity contribution in [2.24, 2.45) is 0 Å². The lowest BCUT2D eigenvalue weighted by Crippen LogP contribution is -2.24. The van der Waals surface area contributed by atoms with Crippen molar-refractivity contribution in [3.63, 3.8) is 0 Å². The smallest absolute Gasteiger partial charge is 0.251 e. The third kappa shape index (κ3) is 6.20. The molecule has 0 saturated heterocycles. The van der Waals surface area contributed by atoms with Gasteiger partial charge in [0.15, 0.2) is 11.0 Å². The van der Waals surface area contributed by atoms with Gasteiger partial charge in [-0.2, -0.15) is 0 Å². The highest BCUT2D eigenvalue weighted by molar-refractivity contribution is 7.99. The van der Waals surface area contributed by atoms with Crippen LogP contribution in [0.5, 0.6) is 0 Å². The SMILES string of the molecule is Cc1cccc(NC(=O)CSc2nnc(CNC(=O)c3ccc(C)c(C)c3)n2-c2cccc(C)c2)c1. The van der Waals surface area contributed by atoms with Crippen molar-refractivity contribution >= 4 is 29.3 Å². The monoisotopic (exact) mass is 499 g/mol. The predicted molar refractivity (Wildman–Crippen MR) is 144 cm³/mol. The Morgan fingerprint density at radius 1 is 0.861 bits per heavy atom. The molecular formula is C28H29N5O2S. The fourth-order valence-corrected chi connectivity index (χ4v) is 4.50. The number of benzene rings is 3. The molecule has 7 nitrogen and oxygen atoms in total. The fourth-order valence-electron chi connectivity index (χ4n) is 3.73. The van der Waals surface area contributed by atoms with E-state index in [4.69, 9.17) is 0 Å². The van der Waals surface area contributed by atoms with Crippen LogP contribution in [-0.4, -0.2) is 32.3 Å². The van der Waals surface area contributed by atoms with Gasteiger partial charge in [0, 0.05) is 16.9 Å². The maximum atomic E-state index is 12.8. The van der Waals surface area contributed by atoms with E-state index in [1.807, 2.05) is 99.0 Å². The maximum Gasteiger partial charge on any atom is 0.251 e. The molecule has 0 spiro atoms. The summed E-state index contributed by atoms with van der Waals surface area (Å²) in [5.74, 6) is 0.448. The first kappa shape index (κ1) is 25.2. The van der Waals surface area contributed by atoms with Crippen LogP contribution in [0.15, 0.2) is 71.9 Å². The zero-order valence-corrected chi connectivity index (χ0v) is 21.6. The average Bonchev–Trinajstić information content (AvgIpc) is 3.26. The molecule has 4 aromatic rings. The topological polar surface area (TPSA) is 88.9 Å². The molecule has 4 rings (SSSR count). The van der Waals surface area contributed by atoms with E-state index >= 15 is 0 Å². The largest absolute Gasteiger partial charge is 0.345 e. The van der Waals surface area contributed by atoms with Gasteiger partial charge in [-0.1, -0.05) is 42.1 Å². The summed E-state index contributed by atoms with van der Waals surface area (Å²) in [6.07, 6.45) is 0. The molecule has 0 atom stereocenters. The maximum absolute atomic E-state index is 12.8. The molecule has 2 N–H and O–H groups in total. The third-order valence-corrected chi connectivity index (χ3v) is 6.70. The summed E-state index contributed by atoms with van der Waals surface area (Å²) < 4.78 is 1.89. The number of rotatable bonds is 8. The number of carbonyl (C=O) groups excluding carboxylic acids is 2. The van der Waals surface area contributed by atoms with Crippen molar-refractivity contribution in [2.45, 2.75) is 39.4 Å². The molecule has 0 radical (unpaired) electrons. The lowest BCUT2D eigenvalue weighted by molar-refractivity contribution is -0.113. The number of aryl methyl sites for hydroxylation is 4. The van der Waals surface area contributed by atoms with Crippen LogP contribution >= 0.6 is 11.8 Å². The third-order valence-electron chi connectivity index (χ3n) is 5.77. The Labute approximate surface area is 215 Å². The minimum absolute atomic E-state index is 0.131. The average molecular weight is 500 g/mol. The second-order valence-corrected chi connectivity index (χ2v) is 9.70. The number of anilines is 1. The van der Waals surface area contributed by atoms with Gasteiger partial charge in [0.2, 0.25) is 5.91 Å². The highest BCUT2D eigenvalue weighted by Crippen LogP contribution is 2.23. The second kappa shape index (κ2) is 11.2. The first-order valence-electron chi connectivity index (χ1n) is 11.7. The first-order valence-corrected chi connectivity index (χ1v) is 12.6. The minimum atomic E-state index is -0.177. The van der Waals surface area contributed by atoms with E-state index in [-0.39, 0.29) is 24.1 Å². The molecule has 0 aliphatic heterocycles. The molecule has 36 heavy (non-hydrogen) atoms. The normalized spacial score (nSPS) is 10.8.